The molecule has 0 heterocycles. The number of carbonyl (C=O) groups excluding carboxylic acids is 1. The standard InChI is InChI=1S/C24H34N4OS/c1-6-25-24(27-17-21-12-9-18(4)15-22(21)30-5)26-16-19-10-13-20(14-11-19)23(29)28(7-2)8-3/h9-15H,6-8,16-17H2,1-5H3,(H2,25,26,27). The minimum atomic E-state index is 0.0766. The van der Waals surface area contributed by atoms with Crippen molar-refractivity contribution in [1.82, 2.24) is 15.5 Å². The molecule has 0 unspecified atom stereocenters. The molecule has 2 N–H and O–H groups in total. The number of guanidine groups is 1. The number of hydrogen-bond acceptors (Lipinski definition) is 3. The second-order valence-electron chi connectivity index (χ2n) is 7.04. The Labute approximate surface area is 185 Å². The fourth-order valence-corrected chi connectivity index (χ4v) is 3.84. The maximum atomic E-state index is 12.4. The Hall–Kier alpha value is -2.47. The lowest BCUT2D eigenvalue weighted by molar-refractivity contribution is 0.0773. The summed E-state index contributed by atoms with van der Waals surface area (Å²) in [6.45, 7) is 11.7. The molecule has 0 atom stereocenters. The van der Waals surface area contributed by atoms with E-state index in [1.54, 1.807) is 11.8 Å². The van der Waals surface area contributed by atoms with Crippen LogP contribution in [0.1, 0.15) is 47.8 Å². The topological polar surface area (TPSA) is 56.7 Å². The summed E-state index contributed by atoms with van der Waals surface area (Å²) < 4.78 is 0. The molecule has 0 bridgehead atoms. The van der Waals surface area contributed by atoms with Gasteiger partial charge in [-0.1, -0.05) is 24.3 Å². The van der Waals surface area contributed by atoms with Gasteiger partial charge in [0.15, 0.2) is 5.96 Å². The molecule has 0 aliphatic heterocycles. The second-order valence-corrected chi connectivity index (χ2v) is 7.89. The van der Waals surface area contributed by atoms with Gasteiger partial charge in [0.05, 0.1) is 6.54 Å². The largest absolute Gasteiger partial charge is 0.357 e. The molecule has 0 saturated carbocycles. The van der Waals surface area contributed by atoms with Crippen LogP contribution < -0.4 is 10.6 Å². The summed E-state index contributed by atoms with van der Waals surface area (Å²) in [5.41, 5.74) is 4.33. The number of nitrogens with one attached hydrogen (secondary N) is 2. The fourth-order valence-electron chi connectivity index (χ4n) is 3.13. The lowest BCUT2D eigenvalue weighted by Gasteiger charge is -2.18. The van der Waals surface area contributed by atoms with E-state index < -0.39 is 0 Å². The van der Waals surface area contributed by atoms with Crippen molar-refractivity contribution < 1.29 is 4.79 Å². The number of thioether (sulfide) groups is 1. The SMILES string of the molecule is CCNC(=NCc1ccc(C(=O)N(CC)CC)cc1)NCc1ccc(C)cc1SC. The van der Waals surface area contributed by atoms with Gasteiger partial charge in [-0.2, -0.15) is 0 Å². The van der Waals surface area contributed by atoms with Crippen molar-refractivity contribution in [3.63, 3.8) is 0 Å². The summed E-state index contributed by atoms with van der Waals surface area (Å²) in [4.78, 5) is 20.3. The molecule has 2 aromatic rings. The predicted octanol–water partition coefficient (Wildman–Crippen LogP) is 4.45. The molecule has 162 valence electrons. The number of carbonyl (C=O) groups is 1. The van der Waals surface area contributed by atoms with E-state index in [2.05, 4.69) is 48.9 Å². The minimum absolute atomic E-state index is 0.0766. The third kappa shape index (κ3) is 6.80. The van der Waals surface area contributed by atoms with Crippen molar-refractivity contribution in [2.45, 2.75) is 45.7 Å². The molecule has 0 aliphatic carbocycles. The maximum Gasteiger partial charge on any atom is 0.253 e. The molecular formula is C24H34N4OS. The van der Waals surface area contributed by atoms with Crippen LogP contribution in [-0.4, -0.2) is 42.7 Å². The van der Waals surface area contributed by atoms with E-state index in [9.17, 15) is 4.79 Å². The molecule has 6 heteroatoms. The van der Waals surface area contributed by atoms with Crippen LogP contribution in [0.15, 0.2) is 52.4 Å². The summed E-state index contributed by atoms with van der Waals surface area (Å²) in [5, 5.41) is 6.73. The molecule has 0 aliphatic rings. The molecule has 30 heavy (non-hydrogen) atoms. The van der Waals surface area contributed by atoms with Crippen molar-refractivity contribution in [3.05, 3.63) is 64.7 Å². The van der Waals surface area contributed by atoms with Crippen LogP contribution in [0.25, 0.3) is 0 Å². The third-order valence-corrected chi connectivity index (χ3v) is 5.72. The molecule has 0 fully saturated rings. The van der Waals surface area contributed by atoms with Crippen molar-refractivity contribution in [2.24, 2.45) is 4.99 Å². The molecule has 1 amide bonds. The zero-order chi connectivity index (χ0) is 21.9. The Morgan fingerprint density at radius 3 is 2.33 bits per heavy atom. The van der Waals surface area contributed by atoms with Gasteiger partial charge in [-0.25, -0.2) is 4.99 Å². The van der Waals surface area contributed by atoms with Crippen molar-refractivity contribution in [2.75, 3.05) is 25.9 Å². The van der Waals surface area contributed by atoms with E-state index in [0.717, 1.165) is 43.3 Å². The van der Waals surface area contributed by atoms with Gasteiger partial charge in [0.2, 0.25) is 0 Å². The molecule has 0 aromatic heterocycles. The average Bonchev–Trinajstić information content (AvgIpc) is 2.77. The zero-order valence-electron chi connectivity index (χ0n) is 18.8. The number of rotatable bonds is 9. The summed E-state index contributed by atoms with van der Waals surface area (Å²) in [5.74, 6) is 0.862. The molecule has 2 rings (SSSR count). The fraction of sp³-hybridized carbons (Fsp3) is 0.417. The van der Waals surface area contributed by atoms with E-state index in [-0.39, 0.29) is 5.91 Å². The number of benzene rings is 2. The Balaban J connectivity index is 2.03. The number of aliphatic imine (C=N–C) groups is 1. The first-order valence-electron chi connectivity index (χ1n) is 10.6. The normalized spacial score (nSPS) is 11.3. The number of amides is 1. The highest BCUT2D eigenvalue weighted by atomic mass is 32.2. The predicted molar refractivity (Wildman–Crippen MR) is 128 cm³/mol. The molecular weight excluding hydrogens is 392 g/mol. The summed E-state index contributed by atoms with van der Waals surface area (Å²) in [6.07, 6.45) is 2.10. The highest BCUT2D eigenvalue weighted by Gasteiger charge is 2.11. The first kappa shape index (κ1) is 23.8. The monoisotopic (exact) mass is 426 g/mol. The average molecular weight is 427 g/mol. The lowest BCUT2D eigenvalue weighted by Crippen LogP contribution is -2.36. The van der Waals surface area contributed by atoms with Crippen molar-refractivity contribution >= 4 is 23.6 Å². The maximum absolute atomic E-state index is 12.4. The molecule has 0 spiro atoms. The Morgan fingerprint density at radius 2 is 1.73 bits per heavy atom. The molecule has 5 nitrogen and oxygen atoms in total. The first-order valence-corrected chi connectivity index (χ1v) is 11.8. The number of hydrogen-bond donors (Lipinski definition) is 2. The van der Waals surface area contributed by atoms with E-state index in [1.165, 1.54) is 16.0 Å². The van der Waals surface area contributed by atoms with Crippen LogP contribution >= 0.6 is 11.8 Å². The van der Waals surface area contributed by atoms with Gasteiger partial charge in [0.25, 0.3) is 5.91 Å². The molecule has 0 radical (unpaired) electrons. The van der Waals surface area contributed by atoms with Gasteiger partial charge in [-0.05, 0) is 68.8 Å². The lowest BCUT2D eigenvalue weighted by atomic mass is 10.1. The van der Waals surface area contributed by atoms with E-state index in [0.29, 0.717) is 6.54 Å². The van der Waals surface area contributed by atoms with Gasteiger partial charge in [0, 0.05) is 36.6 Å². The van der Waals surface area contributed by atoms with Gasteiger partial charge < -0.3 is 15.5 Å². The summed E-state index contributed by atoms with van der Waals surface area (Å²) >= 11 is 1.76. The Kier molecular flexibility index (Phi) is 9.74. The second kappa shape index (κ2) is 12.3. The van der Waals surface area contributed by atoms with Crippen molar-refractivity contribution in [1.29, 1.82) is 0 Å². The Morgan fingerprint density at radius 1 is 1.03 bits per heavy atom. The summed E-state index contributed by atoms with van der Waals surface area (Å²) in [6, 6.07) is 14.3. The van der Waals surface area contributed by atoms with Crippen LogP contribution in [0, 0.1) is 6.92 Å². The first-order chi connectivity index (χ1) is 14.5. The molecule has 0 saturated heterocycles. The van der Waals surface area contributed by atoms with Gasteiger partial charge in [0.1, 0.15) is 0 Å². The minimum Gasteiger partial charge on any atom is -0.357 e. The zero-order valence-corrected chi connectivity index (χ0v) is 19.6. The van der Waals surface area contributed by atoms with Crippen LogP contribution in [-0.2, 0) is 13.1 Å². The van der Waals surface area contributed by atoms with E-state index in [4.69, 9.17) is 4.99 Å². The smallest absolute Gasteiger partial charge is 0.253 e. The highest BCUT2D eigenvalue weighted by Crippen LogP contribution is 2.21. The quantitative estimate of drug-likeness (QED) is 0.353. The number of nitrogens with zero attached hydrogens (tertiary/aromatic N) is 2. The van der Waals surface area contributed by atoms with Gasteiger partial charge >= 0.3 is 0 Å². The highest BCUT2D eigenvalue weighted by molar-refractivity contribution is 7.98. The van der Waals surface area contributed by atoms with Crippen molar-refractivity contribution in [3.8, 4) is 0 Å². The van der Waals surface area contributed by atoms with Crippen LogP contribution in [0.2, 0.25) is 0 Å². The number of aryl methyl sites for hydroxylation is 1. The Bertz CT molecular complexity index is 845. The van der Waals surface area contributed by atoms with Gasteiger partial charge in [-0.15, -0.1) is 11.8 Å². The van der Waals surface area contributed by atoms with Gasteiger partial charge in [-0.3, -0.25) is 4.79 Å². The van der Waals surface area contributed by atoms with Crippen LogP contribution in [0.3, 0.4) is 0 Å². The van der Waals surface area contributed by atoms with Crippen LogP contribution in [0.5, 0.6) is 0 Å². The molecule has 2 aromatic carbocycles. The van der Waals surface area contributed by atoms with E-state index in [1.807, 2.05) is 43.0 Å². The third-order valence-electron chi connectivity index (χ3n) is 4.90. The summed E-state index contributed by atoms with van der Waals surface area (Å²) in [7, 11) is 0. The van der Waals surface area contributed by atoms with E-state index >= 15 is 0 Å². The van der Waals surface area contributed by atoms with Crippen LogP contribution in [0.4, 0.5) is 0 Å².